The van der Waals surface area contributed by atoms with E-state index in [4.69, 9.17) is 11.6 Å². The zero-order valence-electron chi connectivity index (χ0n) is 8.77. The minimum Gasteiger partial charge on any atom is -0.298 e. The van der Waals surface area contributed by atoms with Crippen LogP contribution in [0.15, 0.2) is 36.4 Å². The SMILES string of the molecule is Cc1nc(-c2ccccc2Cl)ccc1C=O. The van der Waals surface area contributed by atoms with E-state index >= 15 is 0 Å². The minimum absolute atomic E-state index is 0.607. The Bertz CT molecular complexity index is 537. The third-order valence-electron chi connectivity index (χ3n) is 2.40. The number of aldehydes is 1. The lowest BCUT2D eigenvalue weighted by Gasteiger charge is -2.05. The molecule has 0 aliphatic heterocycles. The number of nitrogens with zero attached hydrogens (tertiary/aromatic N) is 1. The van der Waals surface area contributed by atoms with Crippen LogP contribution in [-0.4, -0.2) is 11.3 Å². The first kappa shape index (κ1) is 10.8. The van der Waals surface area contributed by atoms with Gasteiger partial charge in [0.2, 0.25) is 0 Å². The smallest absolute Gasteiger partial charge is 0.151 e. The number of aryl methyl sites for hydroxylation is 1. The molecule has 0 amide bonds. The summed E-state index contributed by atoms with van der Waals surface area (Å²) >= 11 is 6.08. The molecule has 2 aromatic rings. The first-order valence-corrected chi connectivity index (χ1v) is 5.28. The van der Waals surface area contributed by atoms with Crippen molar-refractivity contribution in [2.75, 3.05) is 0 Å². The third kappa shape index (κ3) is 1.97. The van der Waals surface area contributed by atoms with Gasteiger partial charge in [0, 0.05) is 21.8 Å². The average Bonchev–Trinajstić information content (AvgIpc) is 2.29. The quantitative estimate of drug-likeness (QED) is 0.741. The van der Waals surface area contributed by atoms with Crippen LogP contribution in [0, 0.1) is 6.92 Å². The third-order valence-corrected chi connectivity index (χ3v) is 2.73. The van der Waals surface area contributed by atoms with Crippen LogP contribution in [0.4, 0.5) is 0 Å². The van der Waals surface area contributed by atoms with Crippen molar-refractivity contribution in [1.29, 1.82) is 0 Å². The van der Waals surface area contributed by atoms with Crippen LogP contribution < -0.4 is 0 Å². The average molecular weight is 232 g/mol. The molecule has 0 aliphatic carbocycles. The maximum Gasteiger partial charge on any atom is 0.151 e. The summed E-state index contributed by atoms with van der Waals surface area (Å²) in [5, 5.41) is 0.660. The number of halogens is 1. The molecule has 80 valence electrons. The summed E-state index contributed by atoms with van der Waals surface area (Å²) in [4.78, 5) is 15.0. The first-order valence-electron chi connectivity index (χ1n) is 4.90. The van der Waals surface area contributed by atoms with Gasteiger partial charge >= 0.3 is 0 Å². The Morgan fingerprint density at radius 3 is 2.56 bits per heavy atom. The molecule has 0 spiro atoms. The molecular formula is C13H10ClNO. The summed E-state index contributed by atoms with van der Waals surface area (Å²) in [6, 6.07) is 11.1. The number of carbonyl (C=O) groups excluding carboxylic acids is 1. The minimum atomic E-state index is 0.607. The Labute approximate surface area is 98.9 Å². The van der Waals surface area contributed by atoms with Gasteiger partial charge in [-0.1, -0.05) is 29.8 Å². The highest BCUT2D eigenvalue weighted by Crippen LogP contribution is 2.26. The van der Waals surface area contributed by atoms with Crippen LogP contribution in [0.3, 0.4) is 0 Å². The van der Waals surface area contributed by atoms with Gasteiger partial charge in [0.1, 0.15) is 0 Å². The fraction of sp³-hybridized carbons (Fsp3) is 0.0769. The number of carbonyl (C=O) groups is 1. The molecule has 0 fully saturated rings. The predicted molar refractivity (Wildman–Crippen MR) is 64.8 cm³/mol. The van der Waals surface area contributed by atoms with Crippen molar-refractivity contribution < 1.29 is 4.79 Å². The van der Waals surface area contributed by atoms with Crippen LogP contribution in [0.25, 0.3) is 11.3 Å². The molecule has 0 radical (unpaired) electrons. The lowest BCUT2D eigenvalue weighted by atomic mass is 10.1. The Kier molecular flexibility index (Phi) is 3.02. The zero-order valence-corrected chi connectivity index (χ0v) is 9.53. The van der Waals surface area contributed by atoms with Crippen molar-refractivity contribution in [3.63, 3.8) is 0 Å². The molecular weight excluding hydrogens is 222 g/mol. The van der Waals surface area contributed by atoms with E-state index in [1.165, 1.54) is 0 Å². The molecule has 0 bridgehead atoms. The summed E-state index contributed by atoms with van der Waals surface area (Å²) in [5.74, 6) is 0. The zero-order chi connectivity index (χ0) is 11.5. The van der Waals surface area contributed by atoms with Crippen molar-refractivity contribution in [2.45, 2.75) is 6.92 Å². The molecule has 2 nitrogen and oxygen atoms in total. The van der Waals surface area contributed by atoms with Gasteiger partial charge in [-0.25, -0.2) is 0 Å². The van der Waals surface area contributed by atoms with E-state index in [1.807, 2.05) is 31.2 Å². The molecule has 1 heterocycles. The van der Waals surface area contributed by atoms with E-state index in [0.717, 1.165) is 17.5 Å². The molecule has 0 saturated carbocycles. The molecule has 0 N–H and O–H groups in total. The summed E-state index contributed by atoms with van der Waals surface area (Å²) < 4.78 is 0. The van der Waals surface area contributed by atoms with Crippen LogP contribution in [0.5, 0.6) is 0 Å². The molecule has 1 aromatic heterocycles. The van der Waals surface area contributed by atoms with E-state index in [1.54, 1.807) is 12.1 Å². The lowest BCUT2D eigenvalue weighted by molar-refractivity contribution is 0.112. The Hall–Kier alpha value is -1.67. The second-order valence-corrected chi connectivity index (χ2v) is 3.88. The molecule has 0 atom stereocenters. The van der Waals surface area contributed by atoms with Crippen molar-refractivity contribution in [3.8, 4) is 11.3 Å². The topological polar surface area (TPSA) is 30.0 Å². The monoisotopic (exact) mass is 231 g/mol. The van der Waals surface area contributed by atoms with Crippen LogP contribution >= 0.6 is 11.6 Å². The molecule has 1 aromatic carbocycles. The second kappa shape index (κ2) is 4.45. The van der Waals surface area contributed by atoms with Crippen LogP contribution in [0.1, 0.15) is 16.1 Å². The van der Waals surface area contributed by atoms with Crippen molar-refractivity contribution in [2.24, 2.45) is 0 Å². The van der Waals surface area contributed by atoms with Crippen molar-refractivity contribution in [3.05, 3.63) is 52.7 Å². The van der Waals surface area contributed by atoms with E-state index in [2.05, 4.69) is 4.98 Å². The van der Waals surface area contributed by atoms with Gasteiger partial charge in [-0.2, -0.15) is 0 Å². The van der Waals surface area contributed by atoms with E-state index in [9.17, 15) is 4.79 Å². The van der Waals surface area contributed by atoms with Gasteiger partial charge < -0.3 is 0 Å². The Balaban J connectivity index is 2.54. The normalized spacial score (nSPS) is 10.1. The van der Waals surface area contributed by atoms with Crippen LogP contribution in [-0.2, 0) is 0 Å². The number of benzene rings is 1. The first-order chi connectivity index (χ1) is 7.72. The summed E-state index contributed by atoms with van der Waals surface area (Å²) in [7, 11) is 0. The maximum atomic E-state index is 10.7. The second-order valence-electron chi connectivity index (χ2n) is 3.47. The van der Waals surface area contributed by atoms with E-state index < -0.39 is 0 Å². The number of hydrogen-bond donors (Lipinski definition) is 0. The number of aromatic nitrogens is 1. The molecule has 0 aliphatic rings. The standard InChI is InChI=1S/C13H10ClNO/c1-9-10(8-16)6-7-13(15-9)11-4-2-3-5-12(11)14/h2-8H,1H3. The molecule has 2 rings (SSSR count). The Morgan fingerprint density at radius 2 is 1.94 bits per heavy atom. The summed E-state index contributed by atoms with van der Waals surface area (Å²) in [5.41, 5.74) is 2.99. The van der Waals surface area contributed by atoms with E-state index in [0.29, 0.717) is 16.3 Å². The van der Waals surface area contributed by atoms with Gasteiger partial charge in [0.25, 0.3) is 0 Å². The van der Waals surface area contributed by atoms with Crippen LogP contribution in [0.2, 0.25) is 5.02 Å². The van der Waals surface area contributed by atoms with Crippen molar-refractivity contribution in [1.82, 2.24) is 4.98 Å². The van der Waals surface area contributed by atoms with Gasteiger partial charge in [0.15, 0.2) is 6.29 Å². The summed E-state index contributed by atoms with van der Waals surface area (Å²) in [6.07, 6.45) is 0.804. The highest BCUT2D eigenvalue weighted by molar-refractivity contribution is 6.33. The van der Waals surface area contributed by atoms with Gasteiger partial charge in [-0.15, -0.1) is 0 Å². The van der Waals surface area contributed by atoms with E-state index in [-0.39, 0.29) is 0 Å². The largest absolute Gasteiger partial charge is 0.298 e. The van der Waals surface area contributed by atoms with Gasteiger partial charge in [-0.05, 0) is 25.1 Å². The van der Waals surface area contributed by atoms with Gasteiger partial charge in [-0.3, -0.25) is 9.78 Å². The van der Waals surface area contributed by atoms with Gasteiger partial charge in [0.05, 0.1) is 5.69 Å². The fourth-order valence-corrected chi connectivity index (χ4v) is 1.75. The highest BCUT2D eigenvalue weighted by atomic mass is 35.5. The molecule has 16 heavy (non-hydrogen) atoms. The molecule has 3 heteroatoms. The molecule has 0 saturated heterocycles. The number of rotatable bonds is 2. The molecule has 0 unspecified atom stereocenters. The van der Waals surface area contributed by atoms with Crippen molar-refractivity contribution >= 4 is 17.9 Å². The lowest BCUT2D eigenvalue weighted by Crippen LogP contribution is -1.93. The Morgan fingerprint density at radius 1 is 1.19 bits per heavy atom. The highest BCUT2D eigenvalue weighted by Gasteiger charge is 2.06. The fourth-order valence-electron chi connectivity index (χ4n) is 1.52. The maximum absolute atomic E-state index is 10.7. The number of hydrogen-bond acceptors (Lipinski definition) is 2. The number of pyridine rings is 1. The predicted octanol–water partition coefficient (Wildman–Crippen LogP) is 3.52. The summed E-state index contributed by atoms with van der Waals surface area (Å²) in [6.45, 7) is 1.81.